The lowest BCUT2D eigenvalue weighted by Crippen LogP contribution is -2.27. The molecule has 1 N–H and O–H groups in total. The minimum atomic E-state index is -0.614. The van der Waals surface area contributed by atoms with Gasteiger partial charge in [-0.15, -0.1) is 0 Å². The van der Waals surface area contributed by atoms with E-state index in [9.17, 15) is 10.1 Å². The quantitative estimate of drug-likeness (QED) is 0.640. The van der Waals surface area contributed by atoms with Gasteiger partial charge in [0.25, 0.3) is 4.73 Å². The van der Waals surface area contributed by atoms with Crippen LogP contribution in [0.25, 0.3) is 0 Å². The summed E-state index contributed by atoms with van der Waals surface area (Å²) in [6, 6.07) is 0.377. The molecule has 0 saturated heterocycles. The molecule has 0 spiro atoms. The van der Waals surface area contributed by atoms with Gasteiger partial charge in [0.2, 0.25) is 0 Å². The highest BCUT2D eigenvalue weighted by molar-refractivity contribution is 9.10. The van der Waals surface area contributed by atoms with E-state index in [4.69, 9.17) is 0 Å². The van der Waals surface area contributed by atoms with Crippen molar-refractivity contribution >= 4 is 21.9 Å². The van der Waals surface area contributed by atoms with Crippen molar-refractivity contribution in [3.63, 3.8) is 0 Å². The van der Waals surface area contributed by atoms with Crippen LogP contribution in [0, 0.1) is 10.1 Å². The Kier molecular flexibility index (Phi) is 4.15. The van der Waals surface area contributed by atoms with Gasteiger partial charge in [0, 0.05) is 33.6 Å². The summed E-state index contributed by atoms with van der Waals surface area (Å²) in [7, 11) is 0. The van der Waals surface area contributed by atoms with Crippen LogP contribution >= 0.6 is 15.9 Å². The monoisotopic (exact) mass is 277 g/mol. The van der Waals surface area contributed by atoms with E-state index in [0.29, 0.717) is 23.9 Å². The standard InChI is InChI=1S/C7H12BrN5O2/c1-5(2)9-3-4-12-6(8)10-7(11-12)13(14)15/h5,9H,3-4H2,1-2H3. The van der Waals surface area contributed by atoms with Crippen molar-refractivity contribution in [3.8, 4) is 0 Å². The van der Waals surface area contributed by atoms with Gasteiger partial charge in [-0.1, -0.05) is 13.8 Å². The molecule has 8 heteroatoms. The highest BCUT2D eigenvalue weighted by Gasteiger charge is 2.18. The van der Waals surface area contributed by atoms with Crippen molar-refractivity contribution in [1.82, 2.24) is 20.1 Å². The second-order valence-electron chi connectivity index (χ2n) is 3.27. The maximum Gasteiger partial charge on any atom is 0.492 e. The van der Waals surface area contributed by atoms with Crippen LogP contribution in [0.5, 0.6) is 0 Å². The molecule has 1 heterocycles. The van der Waals surface area contributed by atoms with Crippen LogP contribution in [0.3, 0.4) is 0 Å². The van der Waals surface area contributed by atoms with Crippen molar-refractivity contribution in [2.24, 2.45) is 0 Å². The van der Waals surface area contributed by atoms with Crippen molar-refractivity contribution < 1.29 is 4.92 Å². The first-order valence-corrected chi connectivity index (χ1v) is 5.28. The fourth-order valence-corrected chi connectivity index (χ4v) is 1.41. The van der Waals surface area contributed by atoms with Crippen LogP contribution in [0.2, 0.25) is 0 Å². The topological polar surface area (TPSA) is 85.9 Å². The Balaban J connectivity index is 2.57. The average molecular weight is 278 g/mol. The van der Waals surface area contributed by atoms with E-state index in [0.717, 1.165) is 0 Å². The van der Waals surface area contributed by atoms with Gasteiger partial charge in [0.15, 0.2) is 0 Å². The smallest absolute Gasteiger partial charge is 0.390 e. The molecule has 0 amide bonds. The number of halogens is 1. The number of hydrogen-bond donors (Lipinski definition) is 1. The zero-order valence-corrected chi connectivity index (χ0v) is 10.1. The molecule has 0 aliphatic heterocycles. The first-order chi connectivity index (χ1) is 7.00. The Morgan fingerprint density at radius 1 is 1.67 bits per heavy atom. The zero-order chi connectivity index (χ0) is 11.4. The minimum absolute atomic E-state index is 0.375. The number of nitrogens with one attached hydrogen (secondary N) is 1. The lowest BCUT2D eigenvalue weighted by Gasteiger charge is -2.05. The maximum absolute atomic E-state index is 10.4. The minimum Gasteiger partial charge on any atom is -0.390 e. The maximum atomic E-state index is 10.4. The third-order valence-electron chi connectivity index (χ3n) is 1.65. The van der Waals surface area contributed by atoms with Crippen LogP contribution < -0.4 is 5.32 Å². The highest BCUT2D eigenvalue weighted by atomic mass is 79.9. The first-order valence-electron chi connectivity index (χ1n) is 4.49. The van der Waals surface area contributed by atoms with Crippen LogP contribution in [0.1, 0.15) is 13.8 Å². The Morgan fingerprint density at radius 3 is 2.80 bits per heavy atom. The SMILES string of the molecule is CC(C)NCCn1nc([N+](=O)[O-])nc1Br. The molecule has 0 fully saturated rings. The van der Waals surface area contributed by atoms with Gasteiger partial charge in [0.1, 0.15) is 0 Å². The summed E-state index contributed by atoms with van der Waals surface area (Å²) in [6.45, 7) is 5.29. The van der Waals surface area contributed by atoms with Crippen molar-refractivity contribution in [1.29, 1.82) is 0 Å². The number of nitrogens with zero attached hydrogens (tertiary/aromatic N) is 4. The van der Waals surface area contributed by atoms with Gasteiger partial charge >= 0.3 is 5.95 Å². The van der Waals surface area contributed by atoms with Crippen LogP contribution in [0.15, 0.2) is 4.73 Å². The number of aromatic nitrogens is 3. The van der Waals surface area contributed by atoms with Crippen LogP contribution in [-0.4, -0.2) is 32.3 Å². The Bertz CT molecular complexity index is 351. The van der Waals surface area contributed by atoms with Gasteiger partial charge < -0.3 is 15.4 Å². The van der Waals surface area contributed by atoms with E-state index in [-0.39, 0.29) is 5.95 Å². The third kappa shape index (κ3) is 3.56. The molecule has 0 radical (unpaired) electrons. The molecule has 0 saturated carbocycles. The van der Waals surface area contributed by atoms with Gasteiger partial charge in [-0.2, -0.15) is 4.68 Å². The van der Waals surface area contributed by atoms with Crippen molar-refractivity contribution in [2.75, 3.05) is 6.54 Å². The molecular weight excluding hydrogens is 266 g/mol. The Labute approximate surface area is 95.2 Å². The van der Waals surface area contributed by atoms with Gasteiger partial charge in [0.05, 0.1) is 6.54 Å². The van der Waals surface area contributed by atoms with Gasteiger partial charge in [-0.05, 0) is 9.91 Å². The number of nitro groups is 1. The number of rotatable bonds is 5. The second-order valence-corrected chi connectivity index (χ2v) is 3.98. The molecule has 0 aromatic carbocycles. The fraction of sp³-hybridized carbons (Fsp3) is 0.714. The van der Waals surface area contributed by atoms with E-state index in [1.165, 1.54) is 4.68 Å². The molecule has 0 unspecified atom stereocenters. The molecule has 0 bridgehead atoms. The lowest BCUT2D eigenvalue weighted by molar-refractivity contribution is -0.394. The summed E-state index contributed by atoms with van der Waals surface area (Å²) in [4.78, 5) is 13.4. The van der Waals surface area contributed by atoms with Crippen molar-refractivity contribution in [2.45, 2.75) is 26.4 Å². The first kappa shape index (κ1) is 12.1. The van der Waals surface area contributed by atoms with E-state index in [1.54, 1.807) is 0 Å². The second kappa shape index (κ2) is 5.17. The fourth-order valence-electron chi connectivity index (χ4n) is 0.991. The van der Waals surface area contributed by atoms with Gasteiger partial charge in [-0.25, -0.2) is 0 Å². The summed E-state index contributed by atoms with van der Waals surface area (Å²) >= 11 is 3.11. The van der Waals surface area contributed by atoms with E-state index in [1.807, 2.05) is 13.8 Å². The van der Waals surface area contributed by atoms with Crippen LogP contribution in [0.4, 0.5) is 5.95 Å². The molecule has 7 nitrogen and oxygen atoms in total. The molecule has 0 atom stereocenters. The molecule has 0 aliphatic carbocycles. The summed E-state index contributed by atoms with van der Waals surface area (Å²) in [5.74, 6) is -0.383. The summed E-state index contributed by atoms with van der Waals surface area (Å²) < 4.78 is 1.83. The molecule has 0 aliphatic rings. The normalized spacial score (nSPS) is 10.9. The van der Waals surface area contributed by atoms with E-state index < -0.39 is 4.92 Å². The predicted octanol–water partition coefficient (Wildman–Crippen LogP) is 0.947. The lowest BCUT2D eigenvalue weighted by atomic mass is 10.4. The highest BCUT2D eigenvalue weighted by Crippen LogP contribution is 2.11. The van der Waals surface area contributed by atoms with Crippen LogP contribution in [-0.2, 0) is 6.54 Å². The zero-order valence-electron chi connectivity index (χ0n) is 8.47. The number of hydrogen-bond acceptors (Lipinski definition) is 5. The molecule has 1 rings (SSSR count). The third-order valence-corrected chi connectivity index (χ3v) is 2.24. The summed E-state index contributed by atoms with van der Waals surface area (Å²) in [5, 5.41) is 17.3. The largest absolute Gasteiger partial charge is 0.492 e. The molecule has 84 valence electrons. The Morgan fingerprint density at radius 2 is 2.33 bits per heavy atom. The summed E-state index contributed by atoms with van der Waals surface area (Å²) in [5.41, 5.74) is 0. The van der Waals surface area contributed by atoms with Crippen molar-refractivity contribution in [3.05, 3.63) is 14.8 Å². The molecule has 15 heavy (non-hydrogen) atoms. The summed E-state index contributed by atoms with van der Waals surface area (Å²) in [6.07, 6.45) is 0. The predicted molar refractivity (Wildman–Crippen MR) is 57.5 cm³/mol. The molecule has 1 aromatic rings. The Hall–Kier alpha value is -1.02. The van der Waals surface area contributed by atoms with E-state index in [2.05, 4.69) is 31.3 Å². The molecule has 1 aromatic heterocycles. The van der Waals surface area contributed by atoms with E-state index >= 15 is 0 Å². The molecular formula is C7H12BrN5O2. The van der Waals surface area contributed by atoms with Gasteiger partial charge in [-0.3, -0.25) is 0 Å². The average Bonchev–Trinajstić information content (AvgIpc) is 2.47.